The van der Waals surface area contributed by atoms with E-state index in [-0.39, 0.29) is 5.56 Å². The minimum absolute atomic E-state index is 0.0442. The van der Waals surface area contributed by atoms with Gasteiger partial charge in [0.2, 0.25) is 0 Å². The Morgan fingerprint density at radius 3 is 2.44 bits per heavy atom. The lowest BCUT2D eigenvalue weighted by molar-refractivity contribution is 0.313. The summed E-state index contributed by atoms with van der Waals surface area (Å²) in [5.41, 5.74) is 3.22. The molecule has 0 amide bonds. The van der Waals surface area contributed by atoms with E-state index in [1.165, 1.54) is 0 Å². The molecule has 3 aromatic rings. The maximum absolute atomic E-state index is 13.1. The Bertz CT molecular complexity index is 968. The van der Waals surface area contributed by atoms with Gasteiger partial charge in [-0.2, -0.15) is 0 Å². The van der Waals surface area contributed by atoms with Gasteiger partial charge in [0.05, 0.1) is 5.69 Å². The molecule has 4 heteroatoms. The molecule has 0 radical (unpaired) electrons. The van der Waals surface area contributed by atoms with E-state index < -0.39 is 0 Å². The van der Waals surface area contributed by atoms with Crippen molar-refractivity contribution in [3.63, 3.8) is 0 Å². The second kappa shape index (κ2) is 6.37. The SMILES string of the molecule is Cc1ccccc1-n1ccc2ccc(N3CCN(C)CC3)cc2c1=O. The van der Waals surface area contributed by atoms with E-state index in [0.29, 0.717) is 0 Å². The number of benzene rings is 2. The number of likely N-dealkylation sites (N-methyl/N-ethyl adjacent to an activating group) is 1. The molecule has 0 spiro atoms. The summed E-state index contributed by atoms with van der Waals surface area (Å²) in [6.07, 6.45) is 1.88. The van der Waals surface area contributed by atoms with Gasteiger partial charge >= 0.3 is 0 Å². The normalized spacial score (nSPS) is 15.7. The van der Waals surface area contributed by atoms with Crippen molar-refractivity contribution in [1.82, 2.24) is 9.47 Å². The predicted octanol–water partition coefficient (Wildman–Crippen LogP) is 3.05. The van der Waals surface area contributed by atoms with Crippen molar-refractivity contribution in [2.75, 3.05) is 38.1 Å². The van der Waals surface area contributed by atoms with Crippen LogP contribution in [0.5, 0.6) is 0 Å². The molecule has 0 saturated carbocycles. The largest absolute Gasteiger partial charge is 0.369 e. The third-order valence-corrected chi connectivity index (χ3v) is 5.13. The third kappa shape index (κ3) is 2.94. The number of hydrogen-bond donors (Lipinski definition) is 0. The molecule has 4 rings (SSSR count). The van der Waals surface area contributed by atoms with E-state index in [2.05, 4.69) is 35.0 Å². The van der Waals surface area contributed by atoms with Crippen molar-refractivity contribution < 1.29 is 0 Å². The molecule has 0 N–H and O–H groups in total. The number of pyridine rings is 1. The van der Waals surface area contributed by atoms with Gasteiger partial charge in [-0.3, -0.25) is 9.36 Å². The summed E-state index contributed by atoms with van der Waals surface area (Å²) in [5, 5.41) is 1.77. The van der Waals surface area contributed by atoms with Gasteiger partial charge in [0.15, 0.2) is 0 Å². The number of hydrogen-bond acceptors (Lipinski definition) is 3. The van der Waals surface area contributed by atoms with E-state index in [1.54, 1.807) is 4.57 Å². The minimum Gasteiger partial charge on any atom is -0.369 e. The van der Waals surface area contributed by atoms with E-state index in [0.717, 1.165) is 53.9 Å². The van der Waals surface area contributed by atoms with E-state index in [4.69, 9.17) is 0 Å². The number of nitrogens with zero attached hydrogens (tertiary/aromatic N) is 3. The molecule has 0 unspecified atom stereocenters. The molecule has 1 saturated heterocycles. The smallest absolute Gasteiger partial charge is 0.263 e. The van der Waals surface area contributed by atoms with Crippen LogP contribution in [0.2, 0.25) is 0 Å². The van der Waals surface area contributed by atoms with Crippen LogP contribution >= 0.6 is 0 Å². The van der Waals surface area contributed by atoms with Crippen molar-refractivity contribution in [2.24, 2.45) is 0 Å². The van der Waals surface area contributed by atoms with Crippen molar-refractivity contribution >= 4 is 16.5 Å². The van der Waals surface area contributed by atoms with E-state index in [1.807, 2.05) is 43.5 Å². The van der Waals surface area contributed by atoms with Crippen LogP contribution in [-0.2, 0) is 0 Å². The molecule has 1 fully saturated rings. The molecule has 25 heavy (non-hydrogen) atoms. The van der Waals surface area contributed by atoms with Gasteiger partial charge in [-0.15, -0.1) is 0 Å². The molecule has 4 nitrogen and oxygen atoms in total. The maximum Gasteiger partial charge on any atom is 0.263 e. The fourth-order valence-electron chi connectivity index (χ4n) is 3.51. The lowest BCUT2D eigenvalue weighted by Gasteiger charge is -2.34. The van der Waals surface area contributed by atoms with Crippen molar-refractivity contribution in [1.29, 1.82) is 0 Å². The van der Waals surface area contributed by atoms with Gasteiger partial charge in [-0.25, -0.2) is 0 Å². The Balaban J connectivity index is 1.80. The molecule has 2 aromatic carbocycles. The Labute approximate surface area is 147 Å². The zero-order valence-electron chi connectivity index (χ0n) is 14.8. The van der Waals surface area contributed by atoms with Crippen LogP contribution in [0.4, 0.5) is 5.69 Å². The number of fused-ring (bicyclic) bond motifs is 1. The van der Waals surface area contributed by atoms with Gasteiger partial charge in [-0.05, 0) is 49.2 Å². The van der Waals surface area contributed by atoms with Gasteiger partial charge in [0.1, 0.15) is 0 Å². The first-order valence-corrected chi connectivity index (χ1v) is 8.78. The van der Waals surface area contributed by atoms with Gasteiger partial charge in [0.25, 0.3) is 5.56 Å². The summed E-state index contributed by atoms with van der Waals surface area (Å²) in [6.45, 7) is 6.15. The molecule has 0 aliphatic carbocycles. The van der Waals surface area contributed by atoms with Gasteiger partial charge in [-0.1, -0.05) is 24.3 Å². The lowest BCUT2D eigenvalue weighted by atomic mass is 10.1. The molecule has 1 aliphatic rings. The maximum atomic E-state index is 13.1. The highest BCUT2D eigenvalue weighted by Gasteiger charge is 2.15. The predicted molar refractivity (Wildman–Crippen MR) is 104 cm³/mol. The molecule has 128 valence electrons. The average Bonchev–Trinajstić information content (AvgIpc) is 2.63. The summed E-state index contributed by atoms with van der Waals surface area (Å²) in [7, 11) is 2.15. The Morgan fingerprint density at radius 1 is 0.920 bits per heavy atom. The Kier molecular flexibility index (Phi) is 4.06. The monoisotopic (exact) mass is 333 g/mol. The van der Waals surface area contributed by atoms with E-state index in [9.17, 15) is 4.79 Å². The lowest BCUT2D eigenvalue weighted by Crippen LogP contribution is -2.44. The first-order valence-electron chi connectivity index (χ1n) is 8.78. The standard InChI is InChI=1S/C21H23N3O/c1-16-5-3-4-6-20(16)24-10-9-17-7-8-18(15-19(17)21(24)25)23-13-11-22(2)12-14-23/h3-10,15H,11-14H2,1-2H3. The minimum atomic E-state index is 0.0442. The fourth-order valence-corrected chi connectivity index (χ4v) is 3.51. The number of anilines is 1. The van der Waals surface area contributed by atoms with Crippen LogP contribution in [0.15, 0.2) is 59.5 Å². The summed E-state index contributed by atoms with van der Waals surface area (Å²) < 4.78 is 1.76. The van der Waals surface area contributed by atoms with Crippen molar-refractivity contribution in [2.45, 2.75) is 6.92 Å². The molecular formula is C21H23N3O. The van der Waals surface area contributed by atoms with Crippen LogP contribution in [0.25, 0.3) is 16.5 Å². The number of aryl methyl sites for hydroxylation is 1. The number of rotatable bonds is 2. The highest BCUT2D eigenvalue weighted by molar-refractivity contribution is 5.85. The summed E-state index contributed by atoms with van der Waals surface area (Å²) in [5.74, 6) is 0. The van der Waals surface area contributed by atoms with Crippen LogP contribution in [0.3, 0.4) is 0 Å². The van der Waals surface area contributed by atoms with E-state index >= 15 is 0 Å². The summed E-state index contributed by atoms with van der Waals surface area (Å²) >= 11 is 0. The molecule has 0 atom stereocenters. The second-order valence-corrected chi connectivity index (χ2v) is 6.84. The molecular weight excluding hydrogens is 310 g/mol. The van der Waals surface area contributed by atoms with Crippen molar-refractivity contribution in [3.05, 3.63) is 70.6 Å². The van der Waals surface area contributed by atoms with Gasteiger partial charge < -0.3 is 9.80 Å². The summed E-state index contributed by atoms with van der Waals surface area (Å²) in [4.78, 5) is 17.8. The summed E-state index contributed by atoms with van der Waals surface area (Å²) in [6, 6.07) is 16.3. The van der Waals surface area contributed by atoms with Crippen LogP contribution in [-0.4, -0.2) is 42.7 Å². The quantitative estimate of drug-likeness (QED) is 0.722. The molecule has 1 aliphatic heterocycles. The molecule has 1 aromatic heterocycles. The van der Waals surface area contributed by atoms with Gasteiger partial charge in [0, 0.05) is 43.4 Å². The zero-order chi connectivity index (χ0) is 17.4. The number of piperazine rings is 1. The molecule has 2 heterocycles. The highest BCUT2D eigenvalue weighted by atomic mass is 16.1. The number of para-hydroxylation sites is 1. The number of aromatic nitrogens is 1. The zero-order valence-corrected chi connectivity index (χ0v) is 14.8. The first-order chi connectivity index (χ1) is 12.1. The average molecular weight is 333 g/mol. The Hall–Kier alpha value is -2.59. The highest BCUT2D eigenvalue weighted by Crippen LogP contribution is 2.22. The second-order valence-electron chi connectivity index (χ2n) is 6.84. The Morgan fingerprint density at radius 2 is 1.68 bits per heavy atom. The first kappa shape index (κ1) is 15.9. The third-order valence-electron chi connectivity index (χ3n) is 5.13. The topological polar surface area (TPSA) is 28.5 Å². The molecule has 0 bridgehead atoms. The van der Waals surface area contributed by atoms with Crippen molar-refractivity contribution in [3.8, 4) is 5.69 Å². The van der Waals surface area contributed by atoms with Crippen LogP contribution < -0.4 is 10.5 Å². The van der Waals surface area contributed by atoms with Crippen LogP contribution in [0, 0.1) is 6.92 Å². The van der Waals surface area contributed by atoms with Crippen LogP contribution in [0.1, 0.15) is 5.56 Å². The fraction of sp³-hybridized carbons (Fsp3) is 0.286.